The average Bonchev–Trinajstić information content (AvgIpc) is 2.75. The molecule has 21 heavy (non-hydrogen) atoms. The normalized spacial score (nSPS) is 14.9. The van der Waals surface area contributed by atoms with Gasteiger partial charge in [-0.1, -0.05) is 0 Å². The van der Waals surface area contributed by atoms with E-state index in [0.29, 0.717) is 17.2 Å². The lowest BCUT2D eigenvalue weighted by Crippen LogP contribution is -2.38. The molecular weight excluding hydrogens is 288 g/mol. The van der Waals surface area contributed by atoms with Crippen molar-refractivity contribution in [3.8, 4) is 0 Å². The van der Waals surface area contributed by atoms with E-state index >= 15 is 0 Å². The molecule has 2 amide bonds. The Morgan fingerprint density at radius 3 is 2.52 bits per heavy atom. The SMILES string of the molecule is CCOC(=O)c1c(NC(=O)N2CCCCC2)sc(C)c1C. The summed E-state index contributed by atoms with van der Waals surface area (Å²) in [6.45, 7) is 7.49. The number of piperidine rings is 1. The third-order valence-corrected chi connectivity index (χ3v) is 4.85. The van der Waals surface area contributed by atoms with Crippen LogP contribution in [0.25, 0.3) is 0 Å². The molecule has 1 saturated heterocycles. The van der Waals surface area contributed by atoms with Crippen LogP contribution in [0.2, 0.25) is 0 Å². The number of hydrogen-bond donors (Lipinski definition) is 1. The molecular formula is C15H22N2O3S. The van der Waals surface area contributed by atoms with Crippen molar-refractivity contribution < 1.29 is 14.3 Å². The molecule has 1 N–H and O–H groups in total. The van der Waals surface area contributed by atoms with Crippen LogP contribution in [0.1, 0.15) is 47.0 Å². The molecule has 1 aliphatic rings. The lowest BCUT2D eigenvalue weighted by Gasteiger charge is -2.26. The van der Waals surface area contributed by atoms with Gasteiger partial charge in [-0.05, 0) is 45.6 Å². The van der Waals surface area contributed by atoms with Crippen molar-refractivity contribution >= 4 is 28.3 Å². The molecule has 0 radical (unpaired) electrons. The second-order valence-corrected chi connectivity index (χ2v) is 6.41. The Bertz CT molecular complexity index is 533. The molecule has 0 saturated carbocycles. The van der Waals surface area contributed by atoms with Crippen molar-refractivity contribution in [2.75, 3.05) is 25.0 Å². The van der Waals surface area contributed by atoms with E-state index < -0.39 is 0 Å². The predicted molar refractivity (Wildman–Crippen MR) is 84.2 cm³/mol. The highest BCUT2D eigenvalue weighted by molar-refractivity contribution is 7.16. The molecule has 0 aromatic carbocycles. The molecule has 0 aliphatic carbocycles. The number of carbonyl (C=O) groups excluding carboxylic acids is 2. The minimum absolute atomic E-state index is 0.124. The van der Waals surface area contributed by atoms with Crippen molar-refractivity contribution in [1.82, 2.24) is 4.90 Å². The number of aryl methyl sites for hydroxylation is 1. The van der Waals surface area contributed by atoms with Crippen molar-refractivity contribution in [2.45, 2.75) is 40.0 Å². The van der Waals surface area contributed by atoms with Crippen LogP contribution in [-0.2, 0) is 4.74 Å². The molecule has 2 rings (SSSR count). The van der Waals surface area contributed by atoms with Gasteiger partial charge in [0.2, 0.25) is 0 Å². The van der Waals surface area contributed by atoms with Gasteiger partial charge in [0.15, 0.2) is 0 Å². The molecule has 0 bridgehead atoms. The van der Waals surface area contributed by atoms with Crippen LogP contribution in [0.5, 0.6) is 0 Å². The summed E-state index contributed by atoms with van der Waals surface area (Å²) in [5.41, 5.74) is 1.37. The molecule has 1 aromatic rings. The molecule has 116 valence electrons. The topological polar surface area (TPSA) is 58.6 Å². The van der Waals surface area contributed by atoms with Gasteiger partial charge in [-0.2, -0.15) is 0 Å². The monoisotopic (exact) mass is 310 g/mol. The molecule has 0 spiro atoms. The maximum Gasteiger partial charge on any atom is 0.341 e. The first-order valence-corrected chi connectivity index (χ1v) is 8.19. The lowest BCUT2D eigenvalue weighted by molar-refractivity contribution is 0.0527. The highest BCUT2D eigenvalue weighted by Gasteiger charge is 2.24. The molecule has 1 fully saturated rings. The first kappa shape index (κ1) is 15.8. The third kappa shape index (κ3) is 3.56. The molecule has 1 aliphatic heterocycles. The fraction of sp³-hybridized carbons (Fsp3) is 0.600. The summed E-state index contributed by atoms with van der Waals surface area (Å²) in [6, 6.07) is -0.124. The Kier molecular flexibility index (Phi) is 5.22. The van der Waals surface area contributed by atoms with E-state index in [-0.39, 0.29) is 12.0 Å². The molecule has 0 unspecified atom stereocenters. The standard InChI is InChI=1S/C15H22N2O3S/c1-4-20-14(18)12-10(2)11(3)21-13(12)16-15(19)17-8-6-5-7-9-17/h4-9H2,1-3H3,(H,16,19). The quantitative estimate of drug-likeness (QED) is 0.868. The number of urea groups is 1. The van der Waals surface area contributed by atoms with E-state index in [1.54, 1.807) is 6.92 Å². The highest BCUT2D eigenvalue weighted by atomic mass is 32.1. The minimum atomic E-state index is -0.367. The summed E-state index contributed by atoms with van der Waals surface area (Å²) in [4.78, 5) is 27.2. The predicted octanol–water partition coefficient (Wildman–Crippen LogP) is 3.56. The third-order valence-electron chi connectivity index (χ3n) is 3.73. The van der Waals surface area contributed by atoms with Crippen molar-refractivity contribution in [1.29, 1.82) is 0 Å². The number of hydrogen-bond acceptors (Lipinski definition) is 4. The maximum absolute atomic E-state index is 12.3. The molecule has 6 heteroatoms. The van der Waals surface area contributed by atoms with Gasteiger partial charge in [0.05, 0.1) is 12.2 Å². The number of nitrogens with one attached hydrogen (secondary N) is 1. The van der Waals surface area contributed by atoms with Crippen LogP contribution in [0.15, 0.2) is 0 Å². The lowest BCUT2D eigenvalue weighted by atomic mass is 10.1. The summed E-state index contributed by atoms with van der Waals surface area (Å²) in [5, 5.41) is 3.48. The summed E-state index contributed by atoms with van der Waals surface area (Å²) in [6.07, 6.45) is 3.26. The van der Waals surface area contributed by atoms with E-state index in [1.807, 2.05) is 18.7 Å². The largest absolute Gasteiger partial charge is 0.462 e. The van der Waals surface area contributed by atoms with Gasteiger partial charge in [0, 0.05) is 18.0 Å². The number of thiophene rings is 1. The number of anilines is 1. The number of nitrogens with zero attached hydrogens (tertiary/aromatic N) is 1. The maximum atomic E-state index is 12.3. The van der Waals surface area contributed by atoms with Crippen LogP contribution in [-0.4, -0.2) is 36.6 Å². The van der Waals surface area contributed by atoms with Gasteiger partial charge >= 0.3 is 12.0 Å². The molecule has 2 heterocycles. The number of likely N-dealkylation sites (tertiary alicyclic amines) is 1. The zero-order chi connectivity index (χ0) is 15.4. The second-order valence-electron chi connectivity index (χ2n) is 5.19. The van der Waals surface area contributed by atoms with E-state index in [9.17, 15) is 9.59 Å². The summed E-state index contributed by atoms with van der Waals surface area (Å²) < 4.78 is 5.09. The van der Waals surface area contributed by atoms with Crippen molar-refractivity contribution in [2.24, 2.45) is 0 Å². The van der Waals surface area contributed by atoms with E-state index in [1.165, 1.54) is 17.8 Å². The minimum Gasteiger partial charge on any atom is -0.462 e. The first-order chi connectivity index (χ1) is 10.0. The highest BCUT2D eigenvalue weighted by Crippen LogP contribution is 2.33. The zero-order valence-electron chi connectivity index (χ0n) is 12.8. The first-order valence-electron chi connectivity index (χ1n) is 7.37. The van der Waals surface area contributed by atoms with E-state index in [0.717, 1.165) is 36.4 Å². The van der Waals surface area contributed by atoms with Crippen LogP contribution >= 0.6 is 11.3 Å². The van der Waals surface area contributed by atoms with Crippen LogP contribution in [0, 0.1) is 13.8 Å². The van der Waals surface area contributed by atoms with Crippen molar-refractivity contribution in [3.05, 3.63) is 16.0 Å². The summed E-state index contributed by atoms with van der Waals surface area (Å²) in [7, 11) is 0. The number of carbonyl (C=O) groups is 2. The van der Waals surface area contributed by atoms with E-state index in [2.05, 4.69) is 5.32 Å². The fourth-order valence-electron chi connectivity index (χ4n) is 2.44. The number of amides is 2. The molecule has 0 atom stereocenters. The van der Waals surface area contributed by atoms with Gasteiger partial charge in [0.25, 0.3) is 0 Å². The van der Waals surface area contributed by atoms with Gasteiger partial charge < -0.3 is 9.64 Å². The second kappa shape index (κ2) is 6.93. The Morgan fingerprint density at radius 1 is 1.24 bits per heavy atom. The molecule has 5 nitrogen and oxygen atoms in total. The van der Waals surface area contributed by atoms with E-state index in [4.69, 9.17) is 4.74 Å². The Hall–Kier alpha value is -1.56. The Morgan fingerprint density at radius 2 is 1.90 bits per heavy atom. The molecule has 1 aromatic heterocycles. The average molecular weight is 310 g/mol. The van der Waals surface area contributed by atoms with Gasteiger partial charge in [-0.15, -0.1) is 11.3 Å². The van der Waals surface area contributed by atoms with Crippen molar-refractivity contribution in [3.63, 3.8) is 0 Å². The smallest absolute Gasteiger partial charge is 0.341 e. The Labute approximate surface area is 129 Å². The number of esters is 1. The number of ether oxygens (including phenoxy) is 1. The van der Waals surface area contributed by atoms with Gasteiger partial charge in [-0.3, -0.25) is 5.32 Å². The summed E-state index contributed by atoms with van der Waals surface area (Å²) >= 11 is 1.43. The van der Waals surface area contributed by atoms with Crippen LogP contribution in [0.3, 0.4) is 0 Å². The number of rotatable bonds is 3. The van der Waals surface area contributed by atoms with Crippen LogP contribution < -0.4 is 5.32 Å². The summed E-state index contributed by atoms with van der Waals surface area (Å²) in [5.74, 6) is -0.367. The Balaban J connectivity index is 2.17. The van der Waals surface area contributed by atoms with Gasteiger partial charge in [0.1, 0.15) is 5.00 Å². The van der Waals surface area contributed by atoms with Gasteiger partial charge in [-0.25, -0.2) is 9.59 Å². The van der Waals surface area contributed by atoms with Crippen LogP contribution in [0.4, 0.5) is 9.80 Å². The fourth-order valence-corrected chi connectivity index (χ4v) is 3.48. The zero-order valence-corrected chi connectivity index (χ0v) is 13.6.